The molecule has 0 radical (unpaired) electrons. The molecular weight excluding hydrogens is 416 g/mol. The van der Waals surface area contributed by atoms with E-state index in [1.54, 1.807) is 0 Å². The quantitative estimate of drug-likeness (QED) is 0.254. The number of hydrogen-bond acceptors (Lipinski definition) is 2. The van der Waals surface area contributed by atoms with E-state index in [-0.39, 0.29) is 0 Å². The summed E-state index contributed by atoms with van der Waals surface area (Å²) < 4.78 is 4.66. The molecule has 0 saturated carbocycles. The third kappa shape index (κ3) is 2.17. The van der Waals surface area contributed by atoms with E-state index in [4.69, 9.17) is 4.98 Å². The van der Waals surface area contributed by atoms with Crippen molar-refractivity contribution >= 4 is 60.2 Å². The Morgan fingerprint density at radius 2 is 1.26 bits per heavy atom. The normalized spacial score (nSPS) is 12.1. The average molecular weight is 435 g/mol. The van der Waals surface area contributed by atoms with Crippen LogP contribution in [-0.2, 0) is 0 Å². The van der Waals surface area contributed by atoms with Gasteiger partial charge in [0.1, 0.15) is 5.65 Å². The molecule has 8 aromatic rings. The van der Waals surface area contributed by atoms with Gasteiger partial charge in [-0.05, 0) is 35.7 Å². The summed E-state index contributed by atoms with van der Waals surface area (Å²) in [6, 6.07) is 34.4. The van der Waals surface area contributed by atoms with Gasteiger partial charge in [-0.15, -0.1) is 0 Å². The smallest absolute Gasteiger partial charge is 0.148 e. The van der Waals surface area contributed by atoms with Crippen molar-refractivity contribution in [2.24, 2.45) is 0 Å². The van der Waals surface area contributed by atoms with Crippen LogP contribution in [-0.4, -0.2) is 18.9 Å². The molecule has 4 aromatic heterocycles. The Morgan fingerprint density at radius 1 is 0.559 bits per heavy atom. The molecule has 158 valence electrons. The molecule has 0 aliphatic heterocycles. The molecule has 34 heavy (non-hydrogen) atoms. The zero-order valence-corrected chi connectivity index (χ0v) is 18.2. The molecule has 0 atom stereocenters. The van der Waals surface area contributed by atoms with E-state index < -0.39 is 0 Å². The van der Waals surface area contributed by atoms with Gasteiger partial charge in [-0.25, -0.2) is 4.98 Å². The molecule has 0 fully saturated rings. The van der Waals surface area contributed by atoms with Crippen LogP contribution in [0.4, 0.5) is 0 Å². The van der Waals surface area contributed by atoms with Gasteiger partial charge in [0.15, 0.2) is 0 Å². The molecule has 4 nitrogen and oxygen atoms in total. The Hall–Kier alpha value is -4.70. The highest BCUT2D eigenvalue weighted by atomic mass is 15.0. The van der Waals surface area contributed by atoms with E-state index in [0.29, 0.717) is 0 Å². The van der Waals surface area contributed by atoms with Crippen LogP contribution in [0.2, 0.25) is 0 Å². The van der Waals surface area contributed by atoms with Gasteiger partial charge in [0.25, 0.3) is 0 Å². The van der Waals surface area contributed by atoms with Gasteiger partial charge in [0.05, 0.1) is 39.2 Å². The molecule has 0 aliphatic carbocycles. The van der Waals surface area contributed by atoms with Crippen LogP contribution in [0, 0.1) is 0 Å². The lowest BCUT2D eigenvalue weighted by Crippen LogP contribution is -1.97. The third-order valence-corrected chi connectivity index (χ3v) is 6.97. The second-order valence-corrected chi connectivity index (χ2v) is 8.72. The van der Waals surface area contributed by atoms with Crippen LogP contribution in [0.25, 0.3) is 65.8 Å². The van der Waals surface area contributed by atoms with E-state index in [1.807, 2.05) is 18.5 Å². The Balaban J connectivity index is 1.76. The largest absolute Gasteiger partial charge is 0.308 e. The lowest BCUT2D eigenvalue weighted by molar-refractivity contribution is 1.18. The number of fused-ring (bicyclic) bond motifs is 12. The minimum absolute atomic E-state index is 0.951. The van der Waals surface area contributed by atoms with Crippen LogP contribution in [0.3, 0.4) is 0 Å². The fourth-order valence-corrected chi connectivity index (χ4v) is 5.59. The van der Waals surface area contributed by atoms with Crippen molar-refractivity contribution < 1.29 is 0 Å². The maximum absolute atomic E-state index is 5.16. The first-order chi connectivity index (χ1) is 16.9. The first-order valence-electron chi connectivity index (χ1n) is 11.4. The van der Waals surface area contributed by atoms with Gasteiger partial charge < -0.3 is 4.57 Å². The lowest BCUT2D eigenvalue weighted by atomic mass is 10.0. The molecule has 0 spiro atoms. The van der Waals surface area contributed by atoms with Crippen molar-refractivity contribution in [1.82, 2.24) is 18.9 Å². The molecule has 0 amide bonds. The van der Waals surface area contributed by atoms with E-state index in [0.717, 1.165) is 33.3 Å². The Bertz CT molecular complexity index is 2060. The minimum Gasteiger partial charge on any atom is -0.308 e. The summed E-state index contributed by atoms with van der Waals surface area (Å²) in [4.78, 5) is 9.58. The number of nitrogens with zero attached hydrogens (tertiary/aromatic N) is 4. The van der Waals surface area contributed by atoms with Crippen molar-refractivity contribution in [3.63, 3.8) is 0 Å². The minimum atomic E-state index is 0.951. The summed E-state index contributed by atoms with van der Waals surface area (Å²) in [5.74, 6) is 0. The van der Waals surface area contributed by atoms with Gasteiger partial charge in [-0.3, -0.25) is 9.38 Å². The maximum Gasteiger partial charge on any atom is 0.148 e. The van der Waals surface area contributed by atoms with Crippen molar-refractivity contribution in [2.45, 2.75) is 0 Å². The highest BCUT2D eigenvalue weighted by Crippen LogP contribution is 2.41. The van der Waals surface area contributed by atoms with Crippen LogP contribution in [0.15, 0.2) is 109 Å². The topological polar surface area (TPSA) is 35.1 Å². The standard InChI is InChI=1S/C30H18N4/c1-2-8-19(9-3-1)33-25-12-6-5-11-21(25)23-15-14-22-20-10-4-7-13-26(20)34-27-18-31-17-16-24(27)32-30(34)28(22)29(23)33/h1-18H. The van der Waals surface area contributed by atoms with Crippen LogP contribution in [0.1, 0.15) is 0 Å². The predicted octanol–water partition coefficient (Wildman–Crippen LogP) is 7.29. The Kier molecular flexibility index (Phi) is 3.36. The Labute approximate surface area is 194 Å². The van der Waals surface area contributed by atoms with E-state index in [2.05, 4.69) is 105 Å². The molecule has 0 bridgehead atoms. The monoisotopic (exact) mass is 434 g/mol. The van der Waals surface area contributed by atoms with Crippen molar-refractivity contribution in [3.8, 4) is 5.69 Å². The Morgan fingerprint density at radius 3 is 2.12 bits per heavy atom. The number of pyridine rings is 2. The summed E-state index contributed by atoms with van der Waals surface area (Å²) in [5.41, 5.74) is 7.60. The molecule has 0 aliphatic rings. The first-order valence-corrected chi connectivity index (χ1v) is 11.4. The van der Waals surface area contributed by atoms with Gasteiger partial charge in [0, 0.05) is 28.0 Å². The van der Waals surface area contributed by atoms with Gasteiger partial charge in [-0.2, -0.15) is 0 Å². The fourth-order valence-electron chi connectivity index (χ4n) is 5.59. The molecule has 4 heterocycles. The number of hydrogen-bond donors (Lipinski definition) is 0. The molecule has 4 heteroatoms. The van der Waals surface area contributed by atoms with Crippen LogP contribution in [0.5, 0.6) is 0 Å². The number of benzene rings is 4. The summed E-state index contributed by atoms with van der Waals surface area (Å²) >= 11 is 0. The molecular formula is C30H18N4. The zero-order valence-electron chi connectivity index (χ0n) is 18.2. The van der Waals surface area contributed by atoms with Crippen molar-refractivity contribution in [1.29, 1.82) is 0 Å². The molecule has 0 unspecified atom stereocenters. The highest BCUT2D eigenvalue weighted by Gasteiger charge is 2.20. The number of rotatable bonds is 1. The molecule has 0 N–H and O–H groups in total. The van der Waals surface area contributed by atoms with Gasteiger partial charge in [0.2, 0.25) is 0 Å². The number of imidazole rings is 1. The number of para-hydroxylation sites is 3. The zero-order chi connectivity index (χ0) is 22.2. The second-order valence-electron chi connectivity index (χ2n) is 8.72. The maximum atomic E-state index is 5.16. The molecule has 8 rings (SSSR count). The van der Waals surface area contributed by atoms with E-state index in [1.165, 1.54) is 32.6 Å². The van der Waals surface area contributed by atoms with Crippen LogP contribution >= 0.6 is 0 Å². The predicted molar refractivity (Wildman–Crippen MR) is 140 cm³/mol. The molecule has 4 aromatic carbocycles. The average Bonchev–Trinajstić information content (AvgIpc) is 3.45. The lowest BCUT2D eigenvalue weighted by Gasteiger charge is -2.13. The summed E-state index contributed by atoms with van der Waals surface area (Å²) in [6.07, 6.45) is 3.73. The fraction of sp³-hybridized carbons (Fsp3) is 0. The van der Waals surface area contributed by atoms with E-state index in [9.17, 15) is 0 Å². The summed E-state index contributed by atoms with van der Waals surface area (Å²) in [5, 5.41) is 6.05. The highest BCUT2D eigenvalue weighted by molar-refractivity contribution is 6.27. The summed E-state index contributed by atoms with van der Waals surface area (Å²) in [6.45, 7) is 0. The van der Waals surface area contributed by atoms with Crippen LogP contribution < -0.4 is 0 Å². The van der Waals surface area contributed by atoms with E-state index >= 15 is 0 Å². The number of aromatic nitrogens is 4. The summed E-state index contributed by atoms with van der Waals surface area (Å²) in [7, 11) is 0. The first kappa shape index (κ1) is 17.8. The van der Waals surface area contributed by atoms with Gasteiger partial charge >= 0.3 is 0 Å². The molecule has 0 saturated heterocycles. The van der Waals surface area contributed by atoms with Crippen molar-refractivity contribution in [2.75, 3.05) is 0 Å². The van der Waals surface area contributed by atoms with Crippen molar-refractivity contribution in [3.05, 3.63) is 109 Å². The second kappa shape index (κ2) is 6.42. The van der Waals surface area contributed by atoms with Gasteiger partial charge in [-0.1, -0.05) is 66.7 Å². The SMILES string of the molecule is c1ccc(-n2c3ccccc3c3ccc4c5ccccc5n5c6cnccc6nc5c4c32)cc1. The third-order valence-electron chi connectivity index (χ3n) is 6.97.